The Morgan fingerprint density at radius 1 is 1.00 bits per heavy atom. The molecule has 0 aliphatic rings. The maximum Gasteiger partial charge on any atom is 0.256 e. The summed E-state index contributed by atoms with van der Waals surface area (Å²) in [6.07, 6.45) is 0. The number of nitrogens with zero attached hydrogens (tertiary/aromatic N) is 2. The van der Waals surface area contributed by atoms with Gasteiger partial charge < -0.3 is 9.80 Å². The molecule has 1 aromatic heterocycles. The van der Waals surface area contributed by atoms with Crippen LogP contribution in [0.1, 0.15) is 39.5 Å². The van der Waals surface area contributed by atoms with E-state index in [0.29, 0.717) is 23.7 Å². The second kappa shape index (κ2) is 11.1. The molecule has 0 unspecified atom stereocenters. The second-order valence-electron chi connectivity index (χ2n) is 8.04. The number of thiophene rings is 1. The molecule has 0 N–H and O–H groups in total. The molecule has 0 bridgehead atoms. The number of amides is 2. The first-order chi connectivity index (χ1) is 15.6. The predicted molar refractivity (Wildman–Crippen MR) is 132 cm³/mol. The van der Waals surface area contributed by atoms with E-state index in [1.807, 2.05) is 32.9 Å². The molecule has 2 aromatic carbocycles. The average Bonchev–Trinajstić information content (AvgIpc) is 3.17. The van der Waals surface area contributed by atoms with Gasteiger partial charge in [-0.1, -0.05) is 35.3 Å². The Balaban J connectivity index is 1.84. The quantitative estimate of drug-likeness (QED) is 0.346. The fraction of sp³-hybridized carbons (Fsp3) is 0.280. The molecule has 33 heavy (non-hydrogen) atoms. The van der Waals surface area contributed by atoms with Crippen molar-refractivity contribution in [2.45, 2.75) is 39.9 Å². The lowest BCUT2D eigenvalue weighted by Crippen LogP contribution is -2.45. The summed E-state index contributed by atoms with van der Waals surface area (Å²) >= 11 is 13.8. The zero-order valence-electron chi connectivity index (χ0n) is 18.6. The summed E-state index contributed by atoms with van der Waals surface area (Å²) in [6.45, 7) is 6.30. The minimum absolute atomic E-state index is 0.110. The molecule has 2 amide bonds. The third kappa shape index (κ3) is 6.79. The SMILES string of the molecule is Cc1ccc(CN(Cc2ccc(F)cc2)C(=O)CN(C(=O)c2ccc(Cl)cc2Cl)C(C)C)s1. The molecule has 3 rings (SSSR count). The fourth-order valence-electron chi connectivity index (χ4n) is 3.35. The highest BCUT2D eigenvalue weighted by Crippen LogP contribution is 2.24. The van der Waals surface area contributed by atoms with Gasteiger partial charge in [0.15, 0.2) is 0 Å². The average molecular weight is 507 g/mol. The van der Waals surface area contributed by atoms with Gasteiger partial charge in [-0.2, -0.15) is 0 Å². The van der Waals surface area contributed by atoms with Crippen LogP contribution >= 0.6 is 34.5 Å². The van der Waals surface area contributed by atoms with Gasteiger partial charge in [0.2, 0.25) is 5.91 Å². The highest BCUT2D eigenvalue weighted by Gasteiger charge is 2.26. The smallest absolute Gasteiger partial charge is 0.256 e. The third-order valence-electron chi connectivity index (χ3n) is 5.13. The minimum atomic E-state index is -0.339. The van der Waals surface area contributed by atoms with Gasteiger partial charge in [-0.25, -0.2) is 4.39 Å². The van der Waals surface area contributed by atoms with Crippen LogP contribution in [0.2, 0.25) is 10.0 Å². The van der Waals surface area contributed by atoms with Crippen molar-refractivity contribution in [3.05, 3.63) is 91.3 Å². The Bertz CT molecular complexity index is 1130. The molecule has 4 nitrogen and oxygen atoms in total. The number of hydrogen-bond acceptors (Lipinski definition) is 3. The maximum absolute atomic E-state index is 13.4. The van der Waals surface area contributed by atoms with Crippen molar-refractivity contribution in [1.29, 1.82) is 0 Å². The lowest BCUT2D eigenvalue weighted by molar-refractivity contribution is -0.133. The lowest BCUT2D eigenvalue weighted by atomic mass is 10.1. The van der Waals surface area contributed by atoms with E-state index in [2.05, 4.69) is 0 Å². The molecule has 174 valence electrons. The van der Waals surface area contributed by atoms with Gasteiger partial charge in [0.1, 0.15) is 12.4 Å². The summed E-state index contributed by atoms with van der Waals surface area (Å²) in [4.78, 5) is 32.0. The zero-order chi connectivity index (χ0) is 24.1. The summed E-state index contributed by atoms with van der Waals surface area (Å²) in [5.74, 6) is -0.881. The second-order valence-corrected chi connectivity index (χ2v) is 10.3. The summed E-state index contributed by atoms with van der Waals surface area (Å²) < 4.78 is 13.4. The monoisotopic (exact) mass is 506 g/mol. The van der Waals surface area contributed by atoms with Gasteiger partial charge in [-0.3, -0.25) is 9.59 Å². The lowest BCUT2D eigenvalue weighted by Gasteiger charge is -2.30. The van der Waals surface area contributed by atoms with Crippen LogP contribution in [-0.2, 0) is 17.9 Å². The highest BCUT2D eigenvalue weighted by atomic mass is 35.5. The molecule has 0 radical (unpaired) electrons. The molecule has 0 spiro atoms. The Morgan fingerprint density at radius 2 is 1.70 bits per heavy atom. The minimum Gasteiger partial charge on any atom is -0.332 e. The summed E-state index contributed by atoms with van der Waals surface area (Å²) in [5.41, 5.74) is 1.10. The predicted octanol–water partition coefficient (Wildman–Crippen LogP) is 6.58. The first-order valence-corrected chi connectivity index (χ1v) is 12.0. The Kier molecular flexibility index (Phi) is 8.51. The molecule has 8 heteroatoms. The van der Waals surface area contributed by atoms with E-state index < -0.39 is 0 Å². The van der Waals surface area contributed by atoms with Crippen LogP contribution in [0.25, 0.3) is 0 Å². The van der Waals surface area contributed by atoms with Crippen LogP contribution in [0, 0.1) is 12.7 Å². The number of halogens is 3. The van der Waals surface area contributed by atoms with Crippen LogP contribution in [0.15, 0.2) is 54.6 Å². The van der Waals surface area contributed by atoms with Crippen molar-refractivity contribution in [3.8, 4) is 0 Å². The first-order valence-electron chi connectivity index (χ1n) is 10.5. The molecular weight excluding hydrogens is 482 g/mol. The van der Waals surface area contributed by atoms with Crippen molar-refractivity contribution in [2.24, 2.45) is 0 Å². The van der Waals surface area contributed by atoms with Crippen LogP contribution in [-0.4, -0.2) is 34.2 Å². The van der Waals surface area contributed by atoms with Crippen molar-refractivity contribution in [1.82, 2.24) is 9.80 Å². The number of rotatable bonds is 8. The molecule has 0 aliphatic heterocycles. The van der Waals surface area contributed by atoms with Crippen molar-refractivity contribution < 1.29 is 14.0 Å². The van der Waals surface area contributed by atoms with Gasteiger partial charge >= 0.3 is 0 Å². The summed E-state index contributed by atoms with van der Waals surface area (Å²) in [5, 5.41) is 0.670. The van der Waals surface area contributed by atoms with E-state index in [1.165, 1.54) is 23.1 Å². The molecule has 0 atom stereocenters. The van der Waals surface area contributed by atoms with E-state index in [1.54, 1.807) is 40.5 Å². The topological polar surface area (TPSA) is 40.6 Å². The molecule has 1 heterocycles. The largest absolute Gasteiger partial charge is 0.332 e. The molecule has 0 aliphatic carbocycles. The van der Waals surface area contributed by atoms with Crippen LogP contribution in [0.4, 0.5) is 4.39 Å². The third-order valence-corrected chi connectivity index (χ3v) is 6.67. The van der Waals surface area contributed by atoms with Crippen molar-refractivity contribution >= 4 is 46.4 Å². The van der Waals surface area contributed by atoms with Crippen molar-refractivity contribution in [3.63, 3.8) is 0 Å². The van der Waals surface area contributed by atoms with E-state index in [0.717, 1.165) is 15.3 Å². The van der Waals surface area contributed by atoms with E-state index in [4.69, 9.17) is 23.2 Å². The van der Waals surface area contributed by atoms with Crippen molar-refractivity contribution in [2.75, 3.05) is 6.54 Å². The standard InChI is InChI=1S/C25H25Cl2FN2O2S/c1-16(2)30(25(32)22-11-7-19(26)12-23(22)27)15-24(31)29(14-21-10-4-17(3)33-21)13-18-5-8-20(28)9-6-18/h4-12,16H,13-15H2,1-3H3. The Morgan fingerprint density at radius 3 is 2.27 bits per heavy atom. The Hall–Kier alpha value is -2.41. The van der Waals surface area contributed by atoms with E-state index in [9.17, 15) is 14.0 Å². The number of carbonyl (C=O) groups excluding carboxylic acids is 2. The number of hydrogen-bond donors (Lipinski definition) is 0. The van der Waals surface area contributed by atoms with Gasteiger partial charge in [-0.15, -0.1) is 11.3 Å². The first kappa shape index (κ1) is 25.2. The van der Waals surface area contributed by atoms with E-state index in [-0.39, 0.29) is 35.2 Å². The molecule has 3 aromatic rings. The van der Waals surface area contributed by atoms with Gasteiger partial charge in [0.05, 0.1) is 17.1 Å². The van der Waals surface area contributed by atoms with Gasteiger partial charge in [-0.05, 0) is 68.8 Å². The van der Waals surface area contributed by atoms with Crippen LogP contribution in [0.5, 0.6) is 0 Å². The summed E-state index contributed by atoms with van der Waals surface area (Å²) in [6, 6.07) is 14.5. The van der Waals surface area contributed by atoms with E-state index >= 15 is 0 Å². The number of carbonyl (C=O) groups is 2. The summed E-state index contributed by atoms with van der Waals surface area (Å²) in [7, 11) is 0. The highest BCUT2D eigenvalue weighted by molar-refractivity contribution is 7.11. The van der Waals surface area contributed by atoms with Gasteiger partial charge in [0.25, 0.3) is 5.91 Å². The van der Waals surface area contributed by atoms with Crippen LogP contribution < -0.4 is 0 Å². The molecular formula is C25H25Cl2FN2O2S. The molecule has 0 saturated carbocycles. The van der Waals surface area contributed by atoms with Gasteiger partial charge in [0, 0.05) is 27.4 Å². The number of aryl methyl sites for hydroxylation is 1. The normalized spacial score (nSPS) is 11.0. The zero-order valence-corrected chi connectivity index (χ0v) is 21.0. The van der Waals surface area contributed by atoms with Crippen LogP contribution in [0.3, 0.4) is 0 Å². The fourth-order valence-corrected chi connectivity index (χ4v) is 4.75. The molecule has 0 saturated heterocycles. The maximum atomic E-state index is 13.4. The Labute approximate surface area is 207 Å². The number of benzene rings is 2. The molecule has 0 fully saturated rings.